The zero-order valence-corrected chi connectivity index (χ0v) is 25.9. The van der Waals surface area contributed by atoms with Gasteiger partial charge in [0.1, 0.15) is 0 Å². The van der Waals surface area contributed by atoms with Crippen LogP contribution in [0.2, 0.25) is 0 Å². The first kappa shape index (κ1) is 36.5. The quantitative estimate of drug-likeness (QED) is 0.101. The van der Waals surface area contributed by atoms with Crippen LogP contribution in [0, 0.1) is 0 Å². The van der Waals surface area contributed by atoms with Gasteiger partial charge in [-0.1, -0.05) is 0 Å². The van der Waals surface area contributed by atoms with E-state index in [9.17, 15) is 19.2 Å². The Kier molecular flexibility index (Phi) is 31.8. The Morgan fingerprint density at radius 2 is 0.529 bits per heavy atom. The predicted octanol–water partition coefficient (Wildman–Crippen LogP) is -2.42. The van der Waals surface area contributed by atoms with E-state index in [1.54, 1.807) is 0 Å². The van der Waals surface area contributed by atoms with E-state index in [1.165, 1.54) is 0 Å². The van der Waals surface area contributed by atoms with Crippen molar-refractivity contribution in [3.63, 3.8) is 0 Å². The third-order valence-corrected chi connectivity index (χ3v) is 3.72. The van der Waals surface area contributed by atoms with Gasteiger partial charge in [0.2, 0.25) is 0 Å². The SMILES string of the molecule is O=C1NCCNCCNCCNC(=O)C(=O)NCCNCCNCCNC1=O.[Cl][Nb][Cl].[Cl][Nb][Cl]. The van der Waals surface area contributed by atoms with Crippen molar-refractivity contribution in [2.45, 2.75) is 0 Å². The van der Waals surface area contributed by atoms with E-state index >= 15 is 0 Å². The standard InChI is InChI=1S/C16H32N8O4.4ClH.2Nb/c25-13-14(26)23-11-7-19-3-4-20-8-12-24-16(28)15(27)22-10-6-18-2-1-17-5-9-21-13;;;;;;/h17-20H,1-12H2,(H,21,25)(H,22,27)(H,23,26)(H,24,28);4*1H;;/q;;;;;2*+2/p-4. The number of nitrogens with one attached hydrogen (secondary N) is 8. The molecule has 12 nitrogen and oxygen atoms in total. The number of hydrogen-bond acceptors (Lipinski definition) is 8. The fourth-order valence-corrected chi connectivity index (χ4v) is 2.23. The Balaban J connectivity index is 0. The normalized spacial score (nSPS) is 18.5. The summed E-state index contributed by atoms with van der Waals surface area (Å²) in [4.78, 5) is 46.5. The Bertz CT molecular complexity index is 469. The number of carbonyl (C=O) groups is 4. The van der Waals surface area contributed by atoms with Gasteiger partial charge in [-0.2, -0.15) is 0 Å². The van der Waals surface area contributed by atoms with Gasteiger partial charge >= 0.3 is 95.6 Å². The molecule has 1 saturated heterocycles. The van der Waals surface area contributed by atoms with Crippen molar-refractivity contribution in [2.24, 2.45) is 0 Å². The molecule has 1 aliphatic rings. The van der Waals surface area contributed by atoms with Crippen LogP contribution in [-0.4, -0.2) is 102 Å². The van der Waals surface area contributed by atoms with E-state index in [-0.39, 0.29) is 0 Å². The molecule has 8 N–H and O–H groups in total. The van der Waals surface area contributed by atoms with Crippen LogP contribution in [0.15, 0.2) is 0 Å². The number of halogens is 4. The molecule has 0 aromatic rings. The molecule has 0 aliphatic carbocycles. The summed E-state index contributed by atoms with van der Waals surface area (Å²) in [6, 6.07) is 0. The fraction of sp³-hybridized carbons (Fsp3) is 0.750. The van der Waals surface area contributed by atoms with E-state index < -0.39 is 58.8 Å². The minimum atomic E-state index is -0.706. The van der Waals surface area contributed by atoms with E-state index in [4.69, 9.17) is 36.8 Å². The topological polar surface area (TPSA) is 165 Å². The van der Waals surface area contributed by atoms with Gasteiger partial charge in [-0.05, 0) is 0 Å². The number of carbonyl (C=O) groups excluding carboxylic acids is 4. The van der Waals surface area contributed by atoms with Gasteiger partial charge in [0.25, 0.3) is 0 Å². The van der Waals surface area contributed by atoms with Gasteiger partial charge in [-0.15, -0.1) is 0 Å². The molecule has 0 unspecified atom stereocenters. The molecule has 1 fully saturated rings. The van der Waals surface area contributed by atoms with Crippen molar-refractivity contribution >= 4 is 60.4 Å². The summed E-state index contributed by atoms with van der Waals surface area (Å²) in [5.74, 6) is -2.58. The molecule has 34 heavy (non-hydrogen) atoms. The van der Waals surface area contributed by atoms with E-state index in [1.807, 2.05) is 0 Å². The van der Waals surface area contributed by atoms with Crippen molar-refractivity contribution < 1.29 is 54.4 Å². The first-order chi connectivity index (χ1) is 16.4. The third kappa shape index (κ3) is 27.0. The van der Waals surface area contributed by atoms with E-state index in [2.05, 4.69) is 42.5 Å². The summed E-state index contributed by atoms with van der Waals surface area (Å²) in [6.07, 6.45) is 0. The molecule has 18 heteroatoms. The molecule has 1 heterocycles. The fourth-order valence-electron chi connectivity index (χ4n) is 2.23. The Hall–Kier alpha value is 0.361. The van der Waals surface area contributed by atoms with Crippen molar-refractivity contribution in [3.05, 3.63) is 0 Å². The van der Waals surface area contributed by atoms with Crippen LogP contribution in [0.3, 0.4) is 0 Å². The second-order valence-electron chi connectivity index (χ2n) is 6.15. The molecule has 0 atom stereocenters. The molecule has 0 spiro atoms. The molecule has 198 valence electrons. The molecular formula is C16H32Cl4N8Nb2O4. The molecule has 0 radical (unpaired) electrons. The molecule has 1 rings (SSSR count). The van der Waals surface area contributed by atoms with Crippen LogP contribution in [0.4, 0.5) is 0 Å². The second-order valence-corrected chi connectivity index (χ2v) is 12.8. The predicted molar refractivity (Wildman–Crippen MR) is 127 cm³/mol. The maximum absolute atomic E-state index is 11.6. The Labute approximate surface area is 234 Å². The van der Waals surface area contributed by atoms with Crippen molar-refractivity contribution in [3.8, 4) is 0 Å². The number of rotatable bonds is 0. The average molecular weight is 728 g/mol. The Morgan fingerprint density at radius 1 is 0.382 bits per heavy atom. The molecule has 1 aliphatic heterocycles. The number of amides is 4. The molecule has 0 saturated carbocycles. The zero-order chi connectivity index (χ0) is 25.9. The van der Waals surface area contributed by atoms with Crippen LogP contribution >= 0.6 is 36.8 Å². The molecule has 4 amide bonds. The molecular weight excluding hydrogens is 696 g/mol. The summed E-state index contributed by atoms with van der Waals surface area (Å²) in [5, 5.41) is 22.6. The van der Waals surface area contributed by atoms with Gasteiger partial charge in [-0.25, -0.2) is 0 Å². The maximum atomic E-state index is 11.6. The van der Waals surface area contributed by atoms with Gasteiger partial charge in [0.05, 0.1) is 0 Å². The summed E-state index contributed by atoms with van der Waals surface area (Å²) >= 11 is -1.41. The molecule has 0 aromatic heterocycles. The van der Waals surface area contributed by atoms with E-state index in [0.29, 0.717) is 78.5 Å². The van der Waals surface area contributed by atoms with Crippen LogP contribution in [0.1, 0.15) is 0 Å². The molecule has 0 bridgehead atoms. The average Bonchev–Trinajstić information content (AvgIpc) is 2.81. The molecule has 0 aromatic carbocycles. The minimum absolute atomic E-state index is 0.349. The van der Waals surface area contributed by atoms with E-state index in [0.717, 1.165) is 0 Å². The van der Waals surface area contributed by atoms with Gasteiger partial charge < -0.3 is 42.5 Å². The summed E-state index contributed by atoms with van der Waals surface area (Å²) in [7, 11) is 19.7. The van der Waals surface area contributed by atoms with Crippen LogP contribution in [0.25, 0.3) is 0 Å². The summed E-state index contributed by atoms with van der Waals surface area (Å²) < 4.78 is 0. The van der Waals surface area contributed by atoms with Crippen LogP contribution in [0.5, 0.6) is 0 Å². The van der Waals surface area contributed by atoms with Crippen molar-refractivity contribution in [1.29, 1.82) is 0 Å². The first-order valence-electron chi connectivity index (χ1n) is 10.2. The second kappa shape index (κ2) is 29.6. The zero-order valence-electron chi connectivity index (χ0n) is 18.5. The Morgan fingerprint density at radius 3 is 0.706 bits per heavy atom. The summed E-state index contributed by atoms with van der Waals surface area (Å²) in [5.41, 5.74) is 0. The monoisotopic (exact) mass is 726 g/mol. The van der Waals surface area contributed by atoms with Crippen molar-refractivity contribution in [2.75, 3.05) is 78.5 Å². The van der Waals surface area contributed by atoms with Crippen LogP contribution < -0.4 is 42.5 Å². The van der Waals surface area contributed by atoms with Gasteiger partial charge in [-0.3, -0.25) is 19.2 Å². The van der Waals surface area contributed by atoms with Gasteiger partial charge in [0.15, 0.2) is 0 Å². The summed E-state index contributed by atoms with van der Waals surface area (Å²) in [6.45, 7) is 6.18. The number of hydrogen-bond donors (Lipinski definition) is 8. The van der Waals surface area contributed by atoms with Crippen LogP contribution in [-0.2, 0) is 54.4 Å². The van der Waals surface area contributed by atoms with Gasteiger partial charge in [0, 0.05) is 78.5 Å². The third-order valence-electron chi connectivity index (χ3n) is 3.72. The first-order valence-corrected chi connectivity index (χ1v) is 21.6. The van der Waals surface area contributed by atoms with Crippen molar-refractivity contribution in [1.82, 2.24) is 42.5 Å².